The number of allylic oxidation sites excluding steroid dienone is 2. The van der Waals surface area contributed by atoms with E-state index in [4.69, 9.17) is 23.2 Å². The first-order valence-electron chi connectivity index (χ1n) is 16.6. The summed E-state index contributed by atoms with van der Waals surface area (Å²) in [5.74, 6) is 2.70. The molecule has 4 fully saturated rings. The van der Waals surface area contributed by atoms with Crippen LogP contribution < -0.4 is 0 Å². The fourth-order valence-corrected chi connectivity index (χ4v) is 9.60. The molecule has 0 unspecified atom stereocenters. The third-order valence-electron chi connectivity index (χ3n) is 11.9. The van der Waals surface area contributed by atoms with E-state index in [1.54, 1.807) is 11.1 Å². The van der Waals surface area contributed by atoms with Gasteiger partial charge in [-0.2, -0.15) is 0 Å². The highest BCUT2D eigenvalue weighted by Crippen LogP contribution is 2.57. The maximum Gasteiger partial charge on any atom is 0.187 e. The van der Waals surface area contributed by atoms with Crippen LogP contribution in [0.15, 0.2) is 22.2 Å². The van der Waals surface area contributed by atoms with Gasteiger partial charge >= 0.3 is 0 Å². The molecule has 0 aliphatic heterocycles. The molecule has 4 aliphatic rings. The molecular weight excluding hydrogens is 507 g/mol. The molecule has 0 aromatic heterocycles. The molecule has 0 heterocycles. The van der Waals surface area contributed by atoms with Gasteiger partial charge in [0.25, 0.3) is 0 Å². The molecule has 0 saturated heterocycles. The second-order valence-corrected chi connectivity index (χ2v) is 14.6. The van der Waals surface area contributed by atoms with Crippen LogP contribution in [0.1, 0.15) is 155 Å². The van der Waals surface area contributed by atoms with E-state index in [0.29, 0.717) is 22.7 Å². The predicted molar refractivity (Wildman–Crippen MR) is 165 cm³/mol. The Morgan fingerprint density at radius 1 is 0.658 bits per heavy atom. The minimum Gasteiger partial charge on any atom is -0.289 e. The zero-order valence-electron chi connectivity index (χ0n) is 24.7. The van der Waals surface area contributed by atoms with Crippen molar-refractivity contribution in [2.45, 2.75) is 155 Å². The Morgan fingerprint density at radius 3 is 1.34 bits per heavy atom. The van der Waals surface area contributed by atoms with E-state index >= 15 is 0 Å². The molecule has 0 atom stereocenters. The molecule has 0 N–H and O–H groups in total. The van der Waals surface area contributed by atoms with Gasteiger partial charge in [-0.15, -0.1) is 0 Å². The lowest BCUT2D eigenvalue weighted by molar-refractivity contribution is -0.115. The summed E-state index contributed by atoms with van der Waals surface area (Å²) in [4.78, 5) is 13.7. The maximum atomic E-state index is 13.7. The van der Waals surface area contributed by atoms with Gasteiger partial charge in [0.05, 0.1) is 0 Å². The standard InChI is InChI=1S/C35H56Cl2O/c1-3-34(19-11-17-27-13-7-5-8-14-27)21-29(22-34)31(25-36)33(38)32(26-37)30-23-35(4-2,24-30)20-12-18-28-15-9-6-10-16-28/h25-30H,3-24H2,1-2H3. The molecule has 0 aromatic rings. The summed E-state index contributed by atoms with van der Waals surface area (Å²) in [6.07, 6.45) is 29.5. The second-order valence-electron chi connectivity index (χ2n) is 14.2. The zero-order chi connectivity index (χ0) is 27.0. The van der Waals surface area contributed by atoms with Gasteiger partial charge in [-0.25, -0.2) is 0 Å². The highest BCUT2D eigenvalue weighted by molar-refractivity contribution is 6.31. The Bertz CT molecular complexity index is 736. The minimum absolute atomic E-state index is 0.142. The highest BCUT2D eigenvalue weighted by atomic mass is 35.5. The Hall–Kier alpha value is -0.270. The number of hydrogen-bond acceptors (Lipinski definition) is 1. The van der Waals surface area contributed by atoms with Crippen LogP contribution in [0.3, 0.4) is 0 Å². The first-order valence-corrected chi connectivity index (χ1v) is 17.5. The Morgan fingerprint density at radius 2 is 1.03 bits per heavy atom. The third-order valence-corrected chi connectivity index (χ3v) is 12.4. The van der Waals surface area contributed by atoms with Crippen molar-refractivity contribution < 1.29 is 4.79 Å². The molecule has 0 spiro atoms. The van der Waals surface area contributed by atoms with Crippen LogP contribution in [-0.4, -0.2) is 5.78 Å². The molecule has 0 radical (unpaired) electrons. The van der Waals surface area contributed by atoms with Crippen LogP contribution >= 0.6 is 23.2 Å². The molecule has 216 valence electrons. The van der Waals surface area contributed by atoms with Crippen LogP contribution in [-0.2, 0) is 4.79 Å². The number of carbonyl (C=O) groups excluding carboxylic acids is 1. The number of rotatable bonds is 14. The number of ketones is 1. The summed E-state index contributed by atoms with van der Waals surface area (Å²) >= 11 is 12.7. The monoisotopic (exact) mass is 562 g/mol. The minimum atomic E-state index is 0.142. The van der Waals surface area contributed by atoms with E-state index in [9.17, 15) is 4.79 Å². The Labute approximate surface area is 245 Å². The lowest BCUT2D eigenvalue weighted by atomic mass is 9.54. The second kappa shape index (κ2) is 14.6. The van der Waals surface area contributed by atoms with Crippen LogP contribution in [0.4, 0.5) is 0 Å². The Kier molecular flexibility index (Phi) is 11.8. The predicted octanol–water partition coefficient (Wildman–Crippen LogP) is 11.9. The molecule has 4 aliphatic carbocycles. The average molecular weight is 564 g/mol. The first kappa shape index (κ1) is 30.7. The van der Waals surface area contributed by atoms with Crippen molar-refractivity contribution in [3.8, 4) is 0 Å². The lowest BCUT2D eigenvalue weighted by Crippen LogP contribution is -2.42. The van der Waals surface area contributed by atoms with Gasteiger partial charge in [-0.3, -0.25) is 4.79 Å². The lowest BCUT2D eigenvalue weighted by Gasteiger charge is -2.50. The van der Waals surface area contributed by atoms with Crippen molar-refractivity contribution in [2.24, 2.45) is 34.5 Å². The average Bonchev–Trinajstić information content (AvgIpc) is 2.91. The smallest absolute Gasteiger partial charge is 0.187 e. The molecule has 1 nitrogen and oxygen atoms in total. The third kappa shape index (κ3) is 7.51. The van der Waals surface area contributed by atoms with Gasteiger partial charge in [0.2, 0.25) is 0 Å². The molecule has 0 aromatic carbocycles. The van der Waals surface area contributed by atoms with Gasteiger partial charge < -0.3 is 0 Å². The summed E-state index contributed by atoms with van der Waals surface area (Å²) in [5, 5.41) is 0. The van der Waals surface area contributed by atoms with Gasteiger partial charge in [-0.05, 0) is 73.0 Å². The van der Waals surface area contributed by atoms with Crippen molar-refractivity contribution in [1.82, 2.24) is 0 Å². The number of Topliss-reactive ketones (excluding diaryl/α,β-unsaturated/α-hetero) is 1. The fourth-order valence-electron chi connectivity index (χ4n) is 9.05. The van der Waals surface area contributed by atoms with Crippen LogP contribution in [0.2, 0.25) is 0 Å². The van der Waals surface area contributed by atoms with Crippen molar-refractivity contribution in [3.05, 3.63) is 22.2 Å². The van der Waals surface area contributed by atoms with Crippen LogP contribution in [0.5, 0.6) is 0 Å². The highest BCUT2D eigenvalue weighted by Gasteiger charge is 2.48. The Balaban J connectivity index is 1.24. The SMILES string of the molecule is CCC1(CCCC2CCCCC2)CC(C(=CCl)C(=O)C(=CCl)C2CC(CC)(CCCC3CCCCC3)C2)C1. The fraction of sp³-hybridized carbons (Fsp3) is 0.857. The molecule has 0 bridgehead atoms. The van der Waals surface area contributed by atoms with Crippen molar-refractivity contribution in [3.63, 3.8) is 0 Å². The van der Waals surface area contributed by atoms with Gasteiger partial charge in [0.1, 0.15) is 0 Å². The molecular formula is C35H56Cl2O. The molecule has 0 amide bonds. The van der Waals surface area contributed by atoms with Crippen LogP contribution in [0.25, 0.3) is 0 Å². The van der Waals surface area contributed by atoms with E-state index in [2.05, 4.69) is 13.8 Å². The molecule has 38 heavy (non-hydrogen) atoms. The summed E-state index contributed by atoms with van der Waals surface area (Å²) in [7, 11) is 0. The number of halogens is 2. The quantitative estimate of drug-likeness (QED) is 0.192. The normalized spacial score (nSPS) is 33.6. The summed E-state index contributed by atoms with van der Waals surface area (Å²) in [6, 6.07) is 0. The van der Waals surface area contributed by atoms with E-state index < -0.39 is 0 Å². The van der Waals surface area contributed by atoms with Crippen molar-refractivity contribution >= 4 is 29.0 Å². The topological polar surface area (TPSA) is 17.1 Å². The van der Waals surface area contributed by atoms with Crippen molar-refractivity contribution in [2.75, 3.05) is 0 Å². The molecule has 4 rings (SSSR count). The van der Waals surface area contributed by atoms with E-state index in [0.717, 1.165) is 48.7 Å². The van der Waals surface area contributed by atoms with Crippen molar-refractivity contribution in [1.29, 1.82) is 0 Å². The molecule has 3 heteroatoms. The van der Waals surface area contributed by atoms with Gasteiger partial charge in [-0.1, -0.05) is 140 Å². The molecule has 4 saturated carbocycles. The van der Waals surface area contributed by atoms with Gasteiger partial charge in [0.15, 0.2) is 5.78 Å². The summed E-state index contributed by atoms with van der Waals surface area (Å²) in [6.45, 7) is 4.69. The largest absolute Gasteiger partial charge is 0.289 e. The summed E-state index contributed by atoms with van der Waals surface area (Å²) in [5.41, 5.74) is 5.71. The maximum absolute atomic E-state index is 13.7. The summed E-state index contributed by atoms with van der Waals surface area (Å²) < 4.78 is 0. The van der Waals surface area contributed by atoms with E-state index in [1.165, 1.54) is 116 Å². The number of carbonyl (C=O) groups is 1. The number of hydrogen-bond donors (Lipinski definition) is 0. The van der Waals surface area contributed by atoms with Crippen LogP contribution in [0, 0.1) is 34.5 Å². The zero-order valence-corrected chi connectivity index (χ0v) is 26.2. The first-order chi connectivity index (χ1) is 18.5. The van der Waals surface area contributed by atoms with E-state index in [-0.39, 0.29) is 5.78 Å². The van der Waals surface area contributed by atoms with Gasteiger partial charge in [0, 0.05) is 22.2 Å². The van der Waals surface area contributed by atoms with E-state index in [1.807, 2.05) is 0 Å².